The van der Waals surface area contributed by atoms with Gasteiger partial charge < -0.3 is 9.47 Å². The topological polar surface area (TPSA) is 69.6 Å². The number of anilines is 1. The largest absolute Gasteiger partial charge is 0.457 e. The smallest absolute Gasteiger partial charge is 0.412 e. The molecule has 1 aromatic heterocycles. The summed E-state index contributed by atoms with van der Waals surface area (Å²) < 4.78 is 12.4. The molecule has 1 amide bonds. The standard InChI is InChI=1S/C23H23ClN2O4/c1-23(2,3)30-22(28)25-19-12-13-20(24)26(21(19)27)15-16-8-7-11-18(14-16)29-17-9-5-4-6-10-17/h4-14H,15H2,1-3H3,(H,25,28). The van der Waals surface area contributed by atoms with Crippen LogP contribution < -0.4 is 15.6 Å². The maximum atomic E-state index is 12.8. The zero-order valence-corrected chi connectivity index (χ0v) is 17.8. The third kappa shape index (κ3) is 5.87. The van der Waals surface area contributed by atoms with Crippen molar-refractivity contribution < 1.29 is 14.3 Å². The van der Waals surface area contributed by atoms with Gasteiger partial charge in [-0.1, -0.05) is 41.9 Å². The number of hydrogen-bond acceptors (Lipinski definition) is 4. The first-order valence-corrected chi connectivity index (χ1v) is 9.80. The molecule has 0 fully saturated rings. The van der Waals surface area contributed by atoms with Gasteiger partial charge in [0, 0.05) is 0 Å². The fourth-order valence-corrected chi connectivity index (χ4v) is 2.93. The number of amides is 1. The number of carbonyl (C=O) groups is 1. The second-order valence-electron chi connectivity index (χ2n) is 7.65. The maximum Gasteiger partial charge on any atom is 0.412 e. The molecule has 1 N–H and O–H groups in total. The van der Waals surface area contributed by atoms with E-state index in [1.165, 1.54) is 10.6 Å². The molecule has 1 heterocycles. The van der Waals surface area contributed by atoms with Crippen molar-refractivity contribution in [1.82, 2.24) is 4.57 Å². The van der Waals surface area contributed by atoms with Crippen LogP contribution in [0.3, 0.4) is 0 Å². The van der Waals surface area contributed by atoms with E-state index in [4.69, 9.17) is 21.1 Å². The van der Waals surface area contributed by atoms with E-state index >= 15 is 0 Å². The zero-order valence-electron chi connectivity index (χ0n) is 17.0. The van der Waals surface area contributed by atoms with Gasteiger partial charge in [0.25, 0.3) is 5.56 Å². The number of benzene rings is 2. The second-order valence-corrected chi connectivity index (χ2v) is 8.04. The summed E-state index contributed by atoms with van der Waals surface area (Å²) >= 11 is 6.25. The van der Waals surface area contributed by atoms with Gasteiger partial charge in [0.2, 0.25) is 0 Å². The van der Waals surface area contributed by atoms with Crippen LogP contribution in [0.4, 0.5) is 10.5 Å². The van der Waals surface area contributed by atoms with Crippen molar-refractivity contribution in [3.63, 3.8) is 0 Å². The molecule has 156 valence electrons. The number of halogens is 1. The Morgan fingerprint density at radius 3 is 2.40 bits per heavy atom. The molecule has 3 aromatic rings. The van der Waals surface area contributed by atoms with Crippen molar-refractivity contribution in [3.8, 4) is 11.5 Å². The van der Waals surface area contributed by atoms with E-state index in [1.54, 1.807) is 26.8 Å². The molecule has 0 radical (unpaired) electrons. The first-order valence-electron chi connectivity index (χ1n) is 9.42. The first-order chi connectivity index (χ1) is 14.2. The highest BCUT2D eigenvalue weighted by Gasteiger charge is 2.18. The Morgan fingerprint density at radius 1 is 1.00 bits per heavy atom. The third-order valence-corrected chi connectivity index (χ3v) is 4.30. The van der Waals surface area contributed by atoms with Crippen LogP contribution in [0.25, 0.3) is 0 Å². The number of pyridine rings is 1. The van der Waals surface area contributed by atoms with E-state index in [9.17, 15) is 9.59 Å². The summed E-state index contributed by atoms with van der Waals surface area (Å²) in [5.41, 5.74) is -0.190. The highest BCUT2D eigenvalue weighted by atomic mass is 35.5. The van der Waals surface area contributed by atoms with Crippen LogP contribution in [-0.2, 0) is 11.3 Å². The van der Waals surface area contributed by atoms with Gasteiger partial charge in [0.1, 0.15) is 27.9 Å². The molecular weight excluding hydrogens is 404 g/mol. The molecule has 0 bridgehead atoms. The molecule has 7 heteroatoms. The van der Waals surface area contributed by atoms with E-state index in [0.29, 0.717) is 11.5 Å². The summed E-state index contributed by atoms with van der Waals surface area (Å²) in [6, 6.07) is 19.8. The van der Waals surface area contributed by atoms with Crippen LogP contribution in [0.5, 0.6) is 11.5 Å². The minimum atomic E-state index is -0.702. The Hall–Kier alpha value is -3.25. The minimum Gasteiger partial charge on any atom is -0.457 e. The lowest BCUT2D eigenvalue weighted by molar-refractivity contribution is 0.0635. The summed E-state index contributed by atoms with van der Waals surface area (Å²) in [6.07, 6.45) is -0.702. The lowest BCUT2D eigenvalue weighted by Crippen LogP contribution is -2.31. The zero-order chi connectivity index (χ0) is 21.7. The maximum absolute atomic E-state index is 12.8. The number of rotatable bonds is 5. The number of nitrogens with zero attached hydrogens (tertiary/aromatic N) is 1. The van der Waals surface area contributed by atoms with Gasteiger partial charge in [0.15, 0.2) is 0 Å². The Balaban J connectivity index is 1.80. The molecule has 6 nitrogen and oxygen atoms in total. The number of aromatic nitrogens is 1. The summed E-state index contributed by atoms with van der Waals surface area (Å²) in [5, 5.41) is 2.74. The number of ether oxygens (including phenoxy) is 2. The predicted molar refractivity (Wildman–Crippen MR) is 118 cm³/mol. The van der Waals surface area contributed by atoms with Gasteiger partial charge in [-0.05, 0) is 62.7 Å². The molecule has 0 saturated carbocycles. The van der Waals surface area contributed by atoms with Crippen LogP contribution >= 0.6 is 11.6 Å². The average molecular weight is 427 g/mol. The Morgan fingerprint density at radius 2 is 1.70 bits per heavy atom. The molecule has 30 heavy (non-hydrogen) atoms. The van der Waals surface area contributed by atoms with Crippen LogP contribution in [0.2, 0.25) is 5.15 Å². The minimum absolute atomic E-state index is 0.0883. The van der Waals surface area contributed by atoms with E-state index < -0.39 is 17.3 Å². The van der Waals surface area contributed by atoms with Crippen molar-refractivity contribution in [1.29, 1.82) is 0 Å². The molecule has 0 atom stereocenters. The number of nitrogens with one attached hydrogen (secondary N) is 1. The normalized spacial score (nSPS) is 11.1. The van der Waals surface area contributed by atoms with Crippen molar-refractivity contribution >= 4 is 23.4 Å². The summed E-state index contributed by atoms with van der Waals surface area (Å²) in [6.45, 7) is 5.46. The van der Waals surface area contributed by atoms with Crippen molar-refractivity contribution in [2.75, 3.05) is 5.32 Å². The van der Waals surface area contributed by atoms with Crippen LogP contribution in [0, 0.1) is 0 Å². The Kier molecular flexibility index (Phi) is 6.47. The fraction of sp³-hybridized carbons (Fsp3) is 0.217. The van der Waals surface area contributed by atoms with Gasteiger partial charge >= 0.3 is 6.09 Å². The van der Waals surface area contributed by atoms with Crippen LogP contribution in [0.1, 0.15) is 26.3 Å². The monoisotopic (exact) mass is 426 g/mol. The van der Waals surface area contributed by atoms with Crippen molar-refractivity contribution in [3.05, 3.63) is 87.8 Å². The number of hydrogen-bond donors (Lipinski definition) is 1. The Labute approximate surface area is 180 Å². The summed E-state index contributed by atoms with van der Waals surface area (Å²) in [4.78, 5) is 24.9. The first kappa shape index (κ1) is 21.5. The van der Waals surface area contributed by atoms with Gasteiger partial charge in [-0.25, -0.2) is 4.79 Å². The molecule has 0 unspecified atom stereocenters. The van der Waals surface area contributed by atoms with Crippen LogP contribution in [-0.4, -0.2) is 16.3 Å². The second kappa shape index (κ2) is 9.05. The predicted octanol–water partition coefficient (Wildman–Crippen LogP) is 5.69. The lowest BCUT2D eigenvalue weighted by Gasteiger charge is -2.20. The van der Waals surface area contributed by atoms with Crippen molar-refractivity contribution in [2.45, 2.75) is 32.9 Å². The highest BCUT2D eigenvalue weighted by molar-refractivity contribution is 6.29. The third-order valence-electron chi connectivity index (χ3n) is 3.97. The van der Waals surface area contributed by atoms with E-state index in [2.05, 4.69) is 5.32 Å². The number of para-hydroxylation sites is 1. The van der Waals surface area contributed by atoms with E-state index in [0.717, 1.165) is 5.56 Å². The highest BCUT2D eigenvalue weighted by Crippen LogP contribution is 2.23. The molecular formula is C23H23ClN2O4. The molecule has 0 aliphatic carbocycles. The van der Waals surface area contributed by atoms with E-state index in [1.807, 2.05) is 54.6 Å². The van der Waals surface area contributed by atoms with Crippen molar-refractivity contribution in [2.24, 2.45) is 0 Å². The molecule has 0 spiro atoms. The molecule has 0 saturated heterocycles. The van der Waals surface area contributed by atoms with Crippen LogP contribution in [0.15, 0.2) is 71.5 Å². The molecule has 0 aliphatic rings. The SMILES string of the molecule is CC(C)(C)OC(=O)Nc1ccc(Cl)n(Cc2cccc(Oc3ccccc3)c2)c1=O. The van der Waals surface area contributed by atoms with Gasteiger partial charge in [-0.2, -0.15) is 0 Å². The lowest BCUT2D eigenvalue weighted by atomic mass is 10.2. The quantitative estimate of drug-likeness (QED) is 0.532. The van der Waals surface area contributed by atoms with Gasteiger partial charge in [0.05, 0.1) is 6.54 Å². The van der Waals surface area contributed by atoms with E-state index in [-0.39, 0.29) is 17.4 Å². The summed E-state index contributed by atoms with van der Waals surface area (Å²) in [5.74, 6) is 1.36. The Bertz CT molecular complexity index is 1090. The van der Waals surface area contributed by atoms with Gasteiger partial charge in [-0.15, -0.1) is 0 Å². The molecule has 3 rings (SSSR count). The average Bonchev–Trinajstić information content (AvgIpc) is 2.67. The number of carbonyl (C=O) groups excluding carboxylic acids is 1. The fourth-order valence-electron chi connectivity index (χ4n) is 2.73. The van der Waals surface area contributed by atoms with Gasteiger partial charge in [-0.3, -0.25) is 14.7 Å². The summed E-state index contributed by atoms with van der Waals surface area (Å²) in [7, 11) is 0. The molecule has 2 aromatic carbocycles. The molecule has 0 aliphatic heterocycles.